The SMILES string of the molecule is CN(Cc1ccccc1Cl)C(=O)COc1ccc(Br)cc1. The number of hydrogen-bond donors (Lipinski definition) is 0. The molecular formula is C16H15BrClNO2. The van der Waals surface area contributed by atoms with Crippen LogP contribution >= 0.6 is 27.5 Å². The maximum atomic E-state index is 12.0. The highest BCUT2D eigenvalue weighted by atomic mass is 79.9. The van der Waals surface area contributed by atoms with Crippen molar-refractivity contribution < 1.29 is 9.53 Å². The number of nitrogens with zero attached hydrogens (tertiary/aromatic N) is 1. The first kappa shape index (κ1) is 15.9. The van der Waals surface area contributed by atoms with Crippen molar-refractivity contribution in [3.63, 3.8) is 0 Å². The van der Waals surface area contributed by atoms with Crippen molar-refractivity contribution >= 4 is 33.4 Å². The van der Waals surface area contributed by atoms with E-state index in [0.717, 1.165) is 10.0 Å². The lowest BCUT2D eigenvalue weighted by molar-refractivity contribution is -0.132. The Morgan fingerprint density at radius 3 is 2.52 bits per heavy atom. The molecule has 2 aromatic rings. The average molecular weight is 369 g/mol. The standard InChI is InChI=1S/C16H15BrClNO2/c1-19(10-12-4-2-3-5-15(12)18)16(20)11-21-14-8-6-13(17)7-9-14/h2-9H,10-11H2,1H3. The Morgan fingerprint density at radius 2 is 1.86 bits per heavy atom. The van der Waals surface area contributed by atoms with Crippen LogP contribution in [0.4, 0.5) is 0 Å². The third-order valence-electron chi connectivity index (χ3n) is 2.97. The van der Waals surface area contributed by atoms with E-state index in [2.05, 4.69) is 15.9 Å². The summed E-state index contributed by atoms with van der Waals surface area (Å²) < 4.78 is 6.44. The number of halogens is 2. The molecule has 0 N–H and O–H groups in total. The van der Waals surface area contributed by atoms with Gasteiger partial charge in [-0.25, -0.2) is 0 Å². The predicted octanol–water partition coefficient (Wildman–Crippen LogP) is 4.14. The first-order valence-corrected chi connectivity index (χ1v) is 7.59. The van der Waals surface area contributed by atoms with Crippen LogP contribution in [0.5, 0.6) is 5.75 Å². The highest BCUT2D eigenvalue weighted by molar-refractivity contribution is 9.10. The lowest BCUT2D eigenvalue weighted by Gasteiger charge is -2.18. The van der Waals surface area contributed by atoms with Crippen LogP contribution in [-0.4, -0.2) is 24.5 Å². The largest absolute Gasteiger partial charge is 0.484 e. The number of hydrogen-bond acceptors (Lipinski definition) is 2. The van der Waals surface area contributed by atoms with Gasteiger partial charge in [0, 0.05) is 23.1 Å². The molecule has 0 radical (unpaired) electrons. The summed E-state index contributed by atoms with van der Waals surface area (Å²) in [7, 11) is 1.73. The Balaban J connectivity index is 1.88. The second-order valence-corrected chi connectivity index (χ2v) is 5.91. The average Bonchev–Trinajstić information content (AvgIpc) is 2.48. The number of amides is 1. The molecule has 0 spiro atoms. The van der Waals surface area contributed by atoms with Crippen LogP contribution in [0.15, 0.2) is 53.0 Å². The zero-order valence-corrected chi connectivity index (χ0v) is 13.9. The first-order valence-electron chi connectivity index (χ1n) is 6.42. The van der Waals surface area contributed by atoms with Gasteiger partial charge in [0.15, 0.2) is 6.61 Å². The molecule has 0 saturated carbocycles. The molecule has 2 rings (SSSR count). The molecule has 0 aliphatic carbocycles. The fourth-order valence-electron chi connectivity index (χ4n) is 1.76. The van der Waals surface area contributed by atoms with Crippen molar-refractivity contribution in [2.75, 3.05) is 13.7 Å². The topological polar surface area (TPSA) is 29.5 Å². The predicted molar refractivity (Wildman–Crippen MR) is 87.6 cm³/mol. The molecule has 0 unspecified atom stereocenters. The maximum Gasteiger partial charge on any atom is 0.260 e. The molecule has 3 nitrogen and oxygen atoms in total. The van der Waals surface area contributed by atoms with E-state index < -0.39 is 0 Å². The zero-order valence-electron chi connectivity index (χ0n) is 11.6. The third-order valence-corrected chi connectivity index (χ3v) is 3.86. The molecule has 0 saturated heterocycles. The Hall–Kier alpha value is -1.52. The summed E-state index contributed by atoms with van der Waals surface area (Å²) in [6, 6.07) is 14.8. The summed E-state index contributed by atoms with van der Waals surface area (Å²) in [5.41, 5.74) is 0.915. The fraction of sp³-hybridized carbons (Fsp3) is 0.188. The van der Waals surface area contributed by atoms with Gasteiger partial charge in [0.2, 0.25) is 0 Å². The van der Waals surface area contributed by atoms with Gasteiger partial charge in [-0.3, -0.25) is 4.79 Å². The molecule has 0 aromatic heterocycles. The molecule has 5 heteroatoms. The molecule has 0 heterocycles. The van der Waals surface area contributed by atoms with Crippen molar-refractivity contribution in [3.05, 3.63) is 63.6 Å². The summed E-state index contributed by atoms with van der Waals surface area (Å²) in [6.45, 7) is 0.463. The molecule has 0 fully saturated rings. The van der Waals surface area contributed by atoms with E-state index in [-0.39, 0.29) is 12.5 Å². The Labute approximate surface area is 137 Å². The minimum absolute atomic E-state index is 0.00256. The van der Waals surface area contributed by atoms with Crippen molar-refractivity contribution in [1.82, 2.24) is 4.90 Å². The zero-order chi connectivity index (χ0) is 15.2. The minimum atomic E-state index is -0.0992. The van der Waals surface area contributed by atoms with E-state index in [1.165, 1.54) is 0 Å². The quantitative estimate of drug-likeness (QED) is 0.794. The van der Waals surface area contributed by atoms with E-state index >= 15 is 0 Å². The molecule has 21 heavy (non-hydrogen) atoms. The molecule has 110 valence electrons. The Kier molecular flexibility index (Phi) is 5.65. The molecule has 1 amide bonds. The fourth-order valence-corrected chi connectivity index (χ4v) is 2.22. The summed E-state index contributed by atoms with van der Waals surface area (Å²) in [5.74, 6) is 0.565. The van der Waals surface area contributed by atoms with Crippen molar-refractivity contribution in [3.8, 4) is 5.75 Å². The summed E-state index contributed by atoms with van der Waals surface area (Å²) in [6.07, 6.45) is 0. The minimum Gasteiger partial charge on any atom is -0.484 e. The van der Waals surface area contributed by atoms with Gasteiger partial charge < -0.3 is 9.64 Å². The number of carbonyl (C=O) groups excluding carboxylic acids is 1. The number of rotatable bonds is 5. The molecular weight excluding hydrogens is 354 g/mol. The number of benzene rings is 2. The van der Waals surface area contributed by atoms with Gasteiger partial charge in [-0.05, 0) is 35.9 Å². The Morgan fingerprint density at radius 1 is 1.19 bits per heavy atom. The van der Waals surface area contributed by atoms with Gasteiger partial charge in [0.1, 0.15) is 5.75 Å². The van der Waals surface area contributed by atoms with E-state index in [1.807, 2.05) is 48.5 Å². The van der Waals surface area contributed by atoms with Crippen molar-refractivity contribution in [1.29, 1.82) is 0 Å². The lowest BCUT2D eigenvalue weighted by atomic mass is 10.2. The summed E-state index contributed by atoms with van der Waals surface area (Å²) in [5, 5.41) is 0.658. The highest BCUT2D eigenvalue weighted by Gasteiger charge is 2.11. The van der Waals surface area contributed by atoms with Gasteiger partial charge in [-0.15, -0.1) is 0 Å². The van der Waals surface area contributed by atoms with Gasteiger partial charge in [0.25, 0.3) is 5.91 Å². The van der Waals surface area contributed by atoms with E-state index in [4.69, 9.17) is 16.3 Å². The van der Waals surface area contributed by atoms with E-state index in [0.29, 0.717) is 17.3 Å². The number of likely N-dealkylation sites (N-methyl/N-ethyl adjacent to an activating group) is 1. The van der Waals surface area contributed by atoms with Crippen molar-refractivity contribution in [2.45, 2.75) is 6.54 Å². The smallest absolute Gasteiger partial charge is 0.260 e. The van der Waals surface area contributed by atoms with E-state index in [9.17, 15) is 4.79 Å². The summed E-state index contributed by atoms with van der Waals surface area (Å²) in [4.78, 5) is 13.6. The summed E-state index contributed by atoms with van der Waals surface area (Å²) >= 11 is 9.44. The maximum absolute atomic E-state index is 12.0. The highest BCUT2D eigenvalue weighted by Crippen LogP contribution is 2.18. The van der Waals surface area contributed by atoms with Crippen molar-refractivity contribution in [2.24, 2.45) is 0 Å². The van der Waals surface area contributed by atoms with Crippen LogP contribution in [0.25, 0.3) is 0 Å². The van der Waals surface area contributed by atoms with Gasteiger partial charge >= 0.3 is 0 Å². The van der Waals surface area contributed by atoms with Crippen LogP contribution < -0.4 is 4.74 Å². The second-order valence-electron chi connectivity index (χ2n) is 4.58. The molecule has 2 aromatic carbocycles. The molecule has 0 aliphatic heterocycles. The van der Waals surface area contributed by atoms with Crippen LogP contribution in [0.2, 0.25) is 5.02 Å². The van der Waals surface area contributed by atoms with Crippen LogP contribution in [0, 0.1) is 0 Å². The monoisotopic (exact) mass is 367 g/mol. The Bertz CT molecular complexity index is 616. The first-order chi connectivity index (χ1) is 10.1. The van der Waals surface area contributed by atoms with Crippen LogP contribution in [0.3, 0.4) is 0 Å². The van der Waals surface area contributed by atoms with Gasteiger partial charge in [-0.1, -0.05) is 45.7 Å². The molecule has 0 atom stereocenters. The molecule has 0 aliphatic rings. The normalized spacial score (nSPS) is 10.2. The van der Waals surface area contributed by atoms with E-state index in [1.54, 1.807) is 11.9 Å². The van der Waals surface area contributed by atoms with Gasteiger partial charge in [-0.2, -0.15) is 0 Å². The lowest BCUT2D eigenvalue weighted by Crippen LogP contribution is -2.31. The number of carbonyl (C=O) groups is 1. The van der Waals surface area contributed by atoms with Crippen LogP contribution in [0.1, 0.15) is 5.56 Å². The van der Waals surface area contributed by atoms with Gasteiger partial charge in [0.05, 0.1) is 0 Å². The van der Waals surface area contributed by atoms with Crippen LogP contribution in [-0.2, 0) is 11.3 Å². The third kappa shape index (κ3) is 4.76. The second kappa shape index (κ2) is 7.48. The molecule has 0 bridgehead atoms. The number of ether oxygens (including phenoxy) is 1.